The Morgan fingerprint density at radius 1 is 0.771 bits per heavy atom. The zero-order valence-corrected chi connectivity index (χ0v) is 20.4. The molecule has 1 atom stereocenters. The van der Waals surface area contributed by atoms with Gasteiger partial charge in [-0.05, 0) is 41.0 Å². The summed E-state index contributed by atoms with van der Waals surface area (Å²) in [6, 6.07) is 24.2. The van der Waals surface area contributed by atoms with E-state index >= 15 is 0 Å². The van der Waals surface area contributed by atoms with E-state index in [9.17, 15) is 18.0 Å². The molecule has 0 N–H and O–H groups in total. The molecule has 1 unspecified atom stereocenters. The number of aldehydes is 2. The van der Waals surface area contributed by atoms with E-state index in [0.717, 1.165) is 16.7 Å². The van der Waals surface area contributed by atoms with Crippen molar-refractivity contribution in [3.8, 4) is 11.5 Å². The molecular formula is C27H28O7S. The molecular weight excluding hydrogens is 468 g/mol. The average molecular weight is 497 g/mol. The zero-order chi connectivity index (χ0) is 25.3. The van der Waals surface area contributed by atoms with Crippen LogP contribution in [0.15, 0.2) is 78.9 Å². The third-order valence-corrected chi connectivity index (χ3v) is 7.76. The number of hydrogen-bond acceptors (Lipinski definition) is 7. The Balaban J connectivity index is 2.11. The molecule has 3 aromatic rings. The molecule has 0 amide bonds. The second-order valence-electron chi connectivity index (χ2n) is 7.80. The zero-order valence-electron chi connectivity index (χ0n) is 19.6. The summed E-state index contributed by atoms with van der Waals surface area (Å²) in [4.78, 5) is 22.1. The van der Waals surface area contributed by atoms with Crippen molar-refractivity contribution in [2.45, 2.75) is 17.3 Å². The molecule has 3 aromatic carbocycles. The lowest BCUT2D eigenvalue weighted by atomic mass is 9.80. The Morgan fingerprint density at radius 3 is 1.69 bits per heavy atom. The van der Waals surface area contributed by atoms with E-state index in [2.05, 4.69) is 0 Å². The number of rotatable bonds is 13. The van der Waals surface area contributed by atoms with Crippen molar-refractivity contribution in [3.05, 3.63) is 95.6 Å². The van der Waals surface area contributed by atoms with E-state index in [-0.39, 0.29) is 13.0 Å². The number of carbonyl (C=O) groups excluding carboxylic acids is 2. The molecule has 0 saturated carbocycles. The van der Waals surface area contributed by atoms with Crippen molar-refractivity contribution in [2.75, 3.05) is 26.6 Å². The Labute approximate surface area is 205 Å². The van der Waals surface area contributed by atoms with Crippen molar-refractivity contribution in [2.24, 2.45) is 0 Å². The summed E-state index contributed by atoms with van der Waals surface area (Å²) < 4.78 is 42.5. The highest BCUT2D eigenvalue weighted by Crippen LogP contribution is 2.41. The van der Waals surface area contributed by atoms with Crippen LogP contribution in [0.25, 0.3) is 0 Å². The van der Waals surface area contributed by atoms with E-state index in [1.165, 1.54) is 0 Å². The first-order chi connectivity index (χ1) is 16.9. The third kappa shape index (κ3) is 5.78. The third-order valence-electron chi connectivity index (χ3n) is 5.80. The van der Waals surface area contributed by atoms with Crippen LogP contribution in [-0.2, 0) is 29.8 Å². The van der Waals surface area contributed by atoms with Crippen molar-refractivity contribution in [3.63, 3.8) is 0 Å². The van der Waals surface area contributed by atoms with E-state index in [4.69, 9.17) is 14.2 Å². The molecule has 0 aliphatic rings. The predicted octanol–water partition coefficient (Wildman–Crippen LogP) is 3.58. The van der Waals surface area contributed by atoms with Gasteiger partial charge in [-0.25, -0.2) is 8.42 Å². The topological polar surface area (TPSA) is 96.0 Å². The maximum atomic E-state index is 12.7. The van der Waals surface area contributed by atoms with Crippen LogP contribution < -0.4 is 9.47 Å². The molecule has 0 saturated heterocycles. The summed E-state index contributed by atoms with van der Waals surface area (Å²) in [5, 5.41) is -1.39. The molecule has 0 bridgehead atoms. The van der Waals surface area contributed by atoms with Gasteiger partial charge in [0, 0.05) is 6.42 Å². The molecule has 0 heterocycles. The molecule has 7 nitrogen and oxygen atoms in total. The van der Waals surface area contributed by atoms with Gasteiger partial charge in [0.25, 0.3) is 0 Å². The van der Waals surface area contributed by atoms with Gasteiger partial charge in [-0.2, -0.15) is 0 Å². The van der Waals surface area contributed by atoms with Crippen molar-refractivity contribution >= 4 is 22.4 Å². The van der Waals surface area contributed by atoms with Crippen LogP contribution in [0.5, 0.6) is 11.5 Å². The Hall–Kier alpha value is -3.49. The first-order valence-corrected chi connectivity index (χ1v) is 12.7. The van der Waals surface area contributed by atoms with Crippen molar-refractivity contribution in [1.29, 1.82) is 0 Å². The van der Waals surface area contributed by atoms with Crippen LogP contribution >= 0.6 is 0 Å². The molecule has 0 spiro atoms. The fraction of sp³-hybridized carbons (Fsp3) is 0.259. The molecule has 35 heavy (non-hydrogen) atoms. The van der Waals surface area contributed by atoms with Gasteiger partial charge in [-0.15, -0.1) is 0 Å². The van der Waals surface area contributed by atoms with E-state index in [0.29, 0.717) is 24.1 Å². The minimum Gasteiger partial charge on any atom is -0.497 e. The van der Waals surface area contributed by atoms with E-state index in [1.54, 1.807) is 14.2 Å². The molecule has 0 aliphatic carbocycles. The van der Waals surface area contributed by atoms with Gasteiger partial charge in [0.2, 0.25) is 0 Å². The average Bonchev–Trinajstić information content (AvgIpc) is 2.90. The molecule has 0 aromatic heterocycles. The largest absolute Gasteiger partial charge is 0.497 e. The second kappa shape index (κ2) is 11.8. The van der Waals surface area contributed by atoms with Crippen LogP contribution in [0.4, 0.5) is 0 Å². The molecule has 0 radical (unpaired) electrons. The summed E-state index contributed by atoms with van der Waals surface area (Å²) in [7, 11) is -0.736. The fourth-order valence-electron chi connectivity index (χ4n) is 3.92. The van der Waals surface area contributed by atoms with Gasteiger partial charge >= 0.3 is 0 Å². The summed E-state index contributed by atoms with van der Waals surface area (Å²) in [5.74, 6) is 0.900. The summed E-state index contributed by atoms with van der Waals surface area (Å²) in [6.45, 7) is -0.210. The number of hydrogen-bond donors (Lipinski definition) is 0. The van der Waals surface area contributed by atoms with Gasteiger partial charge in [-0.1, -0.05) is 54.6 Å². The predicted molar refractivity (Wildman–Crippen MR) is 133 cm³/mol. The van der Waals surface area contributed by atoms with E-state index in [1.807, 2.05) is 78.9 Å². The van der Waals surface area contributed by atoms with Gasteiger partial charge in [0.1, 0.15) is 34.9 Å². The lowest BCUT2D eigenvalue weighted by Crippen LogP contribution is -2.36. The lowest BCUT2D eigenvalue weighted by Gasteiger charge is -2.36. The lowest BCUT2D eigenvalue weighted by molar-refractivity contribution is -0.112. The molecule has 184 valence electrons. The molecule has 0 fully saturated rings. The van der Waals surface area contributed by atoms with Crippen LogP contribution in [0, 0.1) is 0 Å². The maximum absolute atomic E-state index is 12.7. The Morgan fingerprint density at radius 2 is 1.26 bits per heavy atom. The first kappa shape index (κ1) is 26.1. The van der Waals surface area contributed by atoms with Gasteiger partial charge in [0.15, 0.2) is 9.84 Å². The number of methoxy groups -OCH3 is 2. The number of benzene rings is 3. The first-order valence-electron chi connectivity index (χ1n) is 11.0. The van der Waals surface area contributed by atoms with Crippen molar-refractivity contribution in [1.82, 2.24) is 0 Å². The highest BCUT2D eigenvalue weighted by Gasteiger charge is 2.38. The monoisotopic (exact) mass is 496 g/mol. The minimum absolute atomic E-state index is 0.210. The summed E-state index contributed by atoms with van der Waals surface area (Å²) >= 11 is 0. The number of sulfone groups is 1. The fourth-order valence-corrected chi connectivity index (χ4v) is 5.08. The molecule has 3 rings (SSSR count). The number of carbonyl (C=O) groups is 2. The highest BCUT2D eigenvalue weighted by molar-refractivity contribution is 7.92. The maximum Gasteiger partial charge on any atom is 0.162 e. The standard InChI is InChI=1S/C27H28O7S/c1-32-24-12-8-22(9-13-24)27(21-6-4-3-5-7-21,23-10-14-25(33-2)15-11-23)34-18-19-35(30,31)26(20-29)16-17-28/h3-15,17,20,26H,16,18-19H2,1-2H3. The molecule has 0 aliphatic heterocycles. The molecule has 8 heteroatoms. The smallest absolute Gasteiger partial charge is 0.162 e. The van der Waals surface area contributed by atoms with E-state index < -0.39 is 26.4 Å². The van der Waals surface area contributed by atoms with Gasteiger partial charge in [0.05, 0.1) is 26.6 Å². The van der Waals surface area contributed by atoms with Crippen LogP contribution in [0.1, 0.15) is 23.1 Å². The Kier molecular flexibility index (Phi) is 8.78. The second-order valence-corrected chi connectivity index (χ2v) is 10.1. The van der Waals surface area contributed by atoms with Crippen LogP contribution in [-0.4, -0.2) is 52.8 Å². The van der Waals surface area contributed by atoms with Gasteiger partial charge in [-0.3, -0.25) is 0 Å². The van der Waals surface area contributed by atoms with Crippen molar-refractivity contribution < 1.29 is 32.2 Å². The number of ether oxygens (including phenoxy) is 3. The summed E-state index contributed by atoms with van der Waals surface area (Å²) in [5.41, 5.74) is 1.13. The van der Waals surface area contributed by atoms with Gasteiger partial charge < -0.3 is 23.8 Å². The Bertz CT molecular complexity index is 1160. The van der Waals surface area contributed by atoms with Crippen LogP contribution in [0.2, 0.25) is 0 Å². The minimum atomic E-state index is -3.89. The quantitative estimate of drug-likeness (QED) is 0.264. The summed E-state index contributed by atoms with van der Waals surface area (Å²) in [6.07, 6.45) is 0.341. The van der Waals surface area contributed by atoms with Crippen LogP contribution in [0.3, 0.4) is 0 Å². The SMILES string of the molecule is COc1ccc(C(OCCS(=O)(=O)C(C=O)CC=O)(c2ccccc2)c2ccc(OC)cc2)cc1. The normalized spacial score (nSPS) is 12.5. The highest BCUT2D eigenvalue weighted by atomic mass is 32.2.